The summed E-state index contributed by atoms with van der Waals surface area (Å²) in [6.45, 7) is 2.12. The Hall–Kier alpha value is -1.02. The van der Waals surface area contributed by atoms with E-state index in [-0.39, 0.29) is 11.5 Å². The van der Waals surface area contributed by atoms with Crippen molar-refractivity contribution in [2.24, 2.45) is 5.73 Å². The van der Waals surface area contributed by atoms with Crippen LogP contribution in [0.3, 0.4) is 0 Å². The molecule has 0 aromatic heterocycles. The highest BCUT2D eigenvalue weighted by Crippen LogP contribution is 2.52. The summed E-state index contributed by atoms with van der Waals surface area (Å²) in [5.74, 6) is 0.386. The Morgan fingerprint density at radius 2 is 2.15 bits per heavy atom. The molecule has 1 saturated carbocycles. The molecule has 3 N–H and O–H groups in total. The fourth-order valence-corrected chi connectivity index (χ4v) is 2.13. The first-order chi connectivity index (χ1) is 6.20. The van der Waals surface area contributed by atoms with Gasteiger partial charge in [-0.25, -0.2) is 0 Å². The smallest absolute Gasteiger partial charge is 0.119 e. The Bertz CT molecular complexity index is 320. The van der Waals surface area contributed by atoms with E-state index in [9.17, 15) is 5.11 Å². The summed E-state index contributed by atoms with van der Waals surface area (Å²) >= 11 is 0. The summed E-state index contributed by atoms with van der Waals surface area (Å²) in [4.78, 5) is 0. The van der Waals surface area contributed by atoms with Crippen LogP contribution in [0.15, 0.2) is 24.3 Å². The van der Waals surface area contributed by atoms with Crippen molar-refractivity contribution in [2.45, 2.75) is 31.2 Å². The quantitative estimate of drug-likeness (QED) is 0.723. The molecule has 0 saturated heterocycles. The maximum Gasteiger partial charge on any atom is 0.119 e. The van der Waals surface area contributed by atoms with Crippen LogP contribution in [0.1, 0.15) is 25.3 Å². The lowest BCUT2D eigenvalue weighted by Crippen LogP contribution is -2.17. The van der Waals surface area contributed by atoms with E-state index in [1.807, 2.05) is 18.2 Å². The maximum absolute atomic E-state index is 9.68. The van der Waals surface area contributed by atoms with Crippen LogP contribution in [-0.4, -0.2) is 11.1 Å². The summed E-state index contributed by atoms with van der Waals surface area (Å²) in [6.07, 6.45) is 2.01. The van der Waals surface area contributed by atoms with Gasteiger partial charge in [-0.2, -0.15) is 0 Å². The Morgan fingerprint density at radius 3 is 2.62 bits per heavy atom. The minimum atomic E-state index is 0.0609. The van der Waals surface area contributed by atoms with Gasteiger partial charge in [-0.15, -0.1) is 0 Å². The fourth-order valence-electron chi connectivity index (χ4n) is 2.13. The zero-order valence-corrected chi connectivity index (χ0v) is 7.83. The second kappa shape index (κ2) is 2.74. The van der Waals surface area contributed by atoms with Gasteiger partial charge in [-0.3, -0.25) is 0 Å². The van der Waals surface area contributed by atoms with Crippen LogP contribution in [0.4, 0.5) is 0 Å². The monoisotopic (exact) mass is 177 g/mol. The molecule has 0 amide bonds. The first-order valence-electron chi connectivity index (χ1n) is 4.75. The molecule has 1 aromatic carbocycles. The van der Waals surface area contributed by atoms with Gasteiger partial charge in [-0.05, 0) is 18.9 Å². The zero-order chi connectivity index (χ0) is 9.47. The van der Waals surface area contributed by atoms with E-state index in [1.165, 1.54) is 0 Å². The molecule has 2 unspecified atom stereocenters. The molecule has 1 aromatic rings. The fraction of sp³-hybridized carbons (Fsp3) is 0.455. The number of nitrogens with two attached hydrogens (primary N) is 1. The highest BCUT2D eigenvalue weighted by atomic mass is 16.3. The molecule has 0 spiro atoms. The second-order valence-electron chi connectivity index (χ2n) is 3.84. The number of hydrogen-bond acceptors (Lipinski definition) is 2. The summed E-state index contributed by atoms with van der Waals surface area (Å²) < 4.78 is 0. The molecule has 2 heteroatoms. The Morgan fingerprint density at radius 1 is 1.54 bits per heavy atom. The molecular weight excluding hydrogens is 162 g/mol. The van der Waals surface area contributed by atoms with Crippen molar-refractivity contribution in [2.75, 3.05) is 0 Å². The number of phenolic OH excluding ortho intramolecular Hbond substituents is 1. The summed E-state index contributed by atoms with van der Waals surface area (Å²) in [6, 6.07) is 7.74. The first-order valence-corrected chi connectivity index (χ1v) is 4.75. The molecule has 2 rings (SSSR count). The Kier molecular flexibility index (Phi) is 1.81. The van der Waals surface area contributed by atoms with Gasteiger partial charge in [-0.1, -0.05) is 25.1 Å². The number of para-hydroxylation sites is 1. The molecule has 0 bridgehead atoms. The van der Waals surface area contributed by atoms with Gasteiger partial charge in [0.2, 0.25) is 0 Å². The first kappa shape index (κ1) is 8.57. The summed E-state index contributed by atoms with van der Waals surface area (Å²) in [7, 11) is 0. The average molecular weight is 177 g/mol. The molecule has 2 atom stereocenters. The van der Waals surface area contributed by atoms with Crippen LogP contribution in [0.5, 0.6) is 5.75 Å². The molecule has 13 heavy (non-hydrogen) atoms. The van der Waals surface area contributed by atoms with Crippen LogP contribution in [-0.2, 0) is 5.41 Å². The van der Waals surface area contributed by atoms with Crippen LogP contribution in [0.2, 0.25) is 0 Å². The normalized spacial score (nSPS) is 31.7. The van der Waals surface area contributed by atoms with Crippen molar-refractivity contribution in [3.63, 3.8) is 0 Å². The van der Waals surface area contributed by atoms with Gasteiger partial charge in [0.15, 0.2) is 0 Å². The van der Waals surface area contributed by atoms with Crippen LogP contribution in [0.25, 0.3) is 0 Å². The molecule has 0 aliphatic heterocycles. The van der Waals surface area contributed by atoms with E-state index in [4.69, 9.17) is 5.73 Å². The predicted octanol–water partition coefficient (Wildman–Crippen LogP) is 1.77. The lowest BCUT2D eigenvalue weighted by molar-refractivity contribution is 0.454. The minimum Gasteiger partial charge on any atom is -0.508 e. The van der Waals surface area contributed by atoms with Crippen molar-refractivity contribution in [3.05, 3.63) is 29.8 Å². The van der Waals surface area contributed by atoms with Crippen molar-refractivity contribution in [1.29, 1.82) is 0 Å². The molecule has 0 radical (unpaired) electrons. The third kappa shape index (κ3) is 1.13. The highest BCUT2D eigenvalue weighted by molar-refractivity contribution is 5.44. The largest absolute Gasteiger partial charge is 0.508 e. The van der Waals surface area contributed by atoms with Gasteiger partial charge in [0.1, 0.15) is 5.75 Å². The average Bonchev–Trinajstić information content (AvgIpc) is 2.79. The molecule has 70 valence electrons. The molecule has 2 nitrogen and oxygen atoms in total. The van der Waals surface area contributed by atoms with Gasteiger partial charge in [0.05, 0.1) is 0 Å². The zero-order valence-electron chi connectivity index (χ0n) is 7.83. The number of rotatable bonds is 2. The molecular formula is C11H15NO. The third-order valence-corrected chi connectivity index (χ3v) is 3.21. The number of aromatic hydroxyl groups is 1. The van der Waals surface area contributed by atoms with Gasteiger partial charge in [0, 0.05) is 17.0 Å². The number of phenols is 1. The Labute approximate surface area is 78.4 Å². The topological polar surface area (TPSA) is 46.2 Å². The van der Waals surface area contributed by atoms with E-state index >= 15 is 0 Å². The van der Waals surface area contributed by atoms with E-state index in [2.05, 4.69) is 6.92 Å². The number of hydrogen-bond donors (Lipinski definition) is 2. The van der Waals surface area contributed by atoms with Crippen LogP contribution < -0.4 is 5.73 Å². The lowest BCUT2D eigenvalue weighted by atomic mass is 9.91. The van der Waals surface area contributed by atoms with E-state index in [0.717, 1.165) is 18.4 Å². The Balaban J connectivity index is 2.41. The number of benzene rings is 1. The van der Waals surface area contributed by atoms with Gasteiger partial charge in [0.25, 0.3) is 0 Å². The summed E-state index contributed by atoms with van der Waals surface area (Å²) in [5, 5.41) is 9.68. The van der Waals surface area contributed by atoms with Crippen molar-refractivity contribution in [1.82, 2.24) is 0 Å². The van der Waals surface area contributed by atoms with Crippen LogP contribution >= 0.6 is 0 Å². The SMILES string of the molecule is CCC1(c2ccccc2O)CC1N. The minimum absolute atomic E-state index is 0.0609. The van der Waals surface area contributed by atoms with Gasteiger partial charge < -0.3 is 10.8 Å². The predicted molar refractivity (Wildman–Crippen MR) is 52.7 cm³/mol. The van der Waals surface area contributed by atoms with Gasteiger partial charge >= 0.3 is 0 Å². The second-order valence-corrected chi connectivity index (χ2v) is 3.84. The van der Waals surface area contributed by atoms with Crippen molar-refractivity contribution >= 4 is 0 Å². The van der Waals surface area contributed by atoms with Crippen molar-refractivity contribution < 1.29 is 5.11 Å². The highest BCUT2D eigenvalue weighted by Gasteiger charge is 2.52. The third-order valence-electron chi connectivity index (χ3n) is 3.21. The standard InChI is InChI=1S/C11H15NO/c1-2-11(7-10(11)12)8-5-3-4-6-9(8)13/h3-6,10,13H,2,7,12H2,1H3. The van der Waals surface area contributed by atoms with E-state index < -0.39 is 0 Å². The molecule has 1 aliphatic rings. The molecule has 1 aliphatic carbocycles. The summed E-state index contributed by atoms with van der Waals surface area (Å²) in [5.41, 5.74) is 6.98. The van der Waals surface area contributed by atoms with E-state index in [1.54, 1.807) is 6.07 Å². The van der Waals surface area contributed by atoms with Crippen molar-refractivity contribution in [3.8, 4) is 5.75 Å². The molecule has 0 heterocycles. The van der Waals surface area contributed by atoms with Crippen LogP contribution in [0, 0.1) is 0 Å². The maximum atomic E-state index is 9.68. The lowest BCUT2D eigenvalue weighted by Gasteiger charge is -2.15. The van der Waals surface area contributed by atoms with E-state index in [0.29, 0.717) is 5.75 Å². The molecule has 1 fully saturated rings.